The van der Waals surface area contributed by atoms with Crippen molar-refractivity contribution < 1.29 is 0 Å². The van der Waals surface area contributed by atoms with Gasteiger partial charge >= 0.3 is 0 Å². The number of hydrogen-bond acceptors (Lipinski definition) is 1. The van der Waals surface area contributed by atoms with Crippen LogP contribution in [0.2, 0.25) is 18.6 Å². The zero-order valence-electron chi connectivity index (χ0n) is 28.9. The molecule has 2 nitrogen and oxygen atoms in total. The molecule has 4 unspecified atom stereocenters. The summed E-state index contributed by atoms with van der Waals surface area (Å²) < 4.78 is 5.43. The Kier molecular flexibility index (Phi) is 6.48. The quantitative estimate of drug-likeness (QED) is 0.212. The first-order valence-corrected chi connectivity index (χ1v) is 19.9. The summed E-state index contributed by atoms with van der Waals surface area (Å²) in [6.07, 6.45) is 6.81. The van der Waals surface area contributed by atoms with Gasteiger partial charge in [0.15, 0.2) is 0 Å². The first-order valence-electron chi connectivity index (χ1n) is 16.9. The number of rotatable bonds is 3. The predicted molar refractivity (Wildman–Crippen MR) is 193 cm³/mol. The highest BCUT2D eigenvalue weighted by atomic mass is 28.3. The van der Waals surface area contributed by atoms with Crippen LogP contribution in [-0.4, -0.2) is 28.4 Å². The Labute approximate surface area is 266 Å². The van der Waals surface area contributed by atoms with Crippen LogP contribution < -0.4 is 0 Å². The van der Waals surface area contributed by atoms with Gasteiger partial charge in [-0.2, -0.15) is 0 Å². The molecule has 0 aliphatic heterocycles. The molecule has 1 aromatic heterocycles. The minimum absolute atomic E-state index is 0.0158. The van der Waals surface area contributed by atoms with Gasteiger partial charge in [0.2, 0.25) is 0 Å². The average Bonchev–Trinajstić information content (AvgIpc) is 3.50. The predicted octanol–water partition coefficient (Wildman–Crippen LogP) is 11.1. The van der Waals surface area contributed by atoms with Crippen LogP contribution in [0.1, 0.15) is 79.9 Å². The molecule has 0 N–H and O–H groups in total. The van der Waals surface area contributed by atoms with Crippen LogP contribution >= 0.6 is 0 Å². The Morgan fingerprint density at radius 2 is 1.36 bits per heavy atom. The fourth-order valence-electron chi connectivity index (χ4n) is 11.0. The smallest absolute Gasteiger partial charge is 0.127 e. The molecule has 4 aromatic rings. The zero-order valence-corrected chi connectivity index (χ0v) is 29.9. The highest BCUT2D eigenvalue weighted by molar-refractivity contribution is 6.76. The first kappa shape index (κ1) is 29.8. The standard InChI is InChI=1S/C41H52N2Si/c1-26-22-27-23-34-33(25-32(27)38(26)44(10,11)43(39(2,3)4)40(5,6)7)29-21-20-28(24-35(29)41(34,8)9)42-36-18-14-12-16-30(36)31-17-13-15-19-37(31)42/h12-21,23-27,32,38H,22H2,1-11H3. The average molecular weight is 601 g/mol. The number of aromatic nitrogens is 1. The van der Waals surface area contributed by atoms with Gasteiger partial charge in [-0.3, -0.25) is 0 Å². The van der Waals surface area contributed by atoms with Crippen molar-refractivity contribution in [1.82, 2.24) is 9.13 Å². The Balaban J connectivity index is 1.35. The van der Waals surface area contributed by atoms with Gasteiger partial charge in [0.1, 0.15) is 8.24 Å². The Morgan fingerprint density at radius 3 is 1.93 bits per heavy atom. The van der Waals surface area contributed by atoms with E-state index in [1.165, 1.54) is 50.6 Å². The lowest BCUT2D eigenvalue weighted by Crippen LogP contribution is -2.67. The number of nitrogens with zero attached hydrogens (tertiary/aromatic N) is 2. The maximum Gasteiger partial charge on any atom is 0.127 e. The summed E-state index contributed by atoms with van der Waals surface area (Å²) in [5.74, 6) is 1.97. The molecule has 0 bridgehead atoms. The van der Waals surface area contributed by atoms with Crippen molar-refractivity contribution in [2.45, 2.75) is 104 Å². The van der Waals surface area contributed by atoms with Crippen molar-refractivity contribution >= 4 is 35.6 Å². The fourth-order valence-corrected chi connectivity index (χ4v) is 17.5. The van der Waals surface area contributed by atoms with Gasteiger partial charge < -0.3 is 9.13 Å². The normalized spacial score (nSPS) is 24.8. The number of para-hydroxylation sites is 2. The van der Waals surface area contributed by atoms with E-state index in [1.807, 2.05) is 0 Å². The van der Waals surface area contributed by atoms with Crippen LogP contribution in [0, 0.1) is 17.8 Å². The van der Waals surface area contributed by atoms with Crippen LogP contribution in [0.25, 0.3) is 33.1 Å². The maximum absolute atomic E-state index is 2.96. The monoisotopic (exact) mass is 600 g/mol. The highest BCUT2D eigenvalue weighted by Crippen LogP contribution is 2.61. The molecule has 0 amide bonds. The summed E-state index contributed by atoms with van der Waals surface area (Å²) in [5.41, 5.74) is 10.8. The molecule has 230 valence electrons. The molecule has 1 fully saturated rings. The molecule has 3 heteroatoms. The molecular weight excluding hydrogens is 549 g/mol. The second kappa shape index (κ2) is 9.56. The minimum atomic E-state index is -1.85. The second-order valence-corrected chi connectivity index (χ2v) is 21.6. The van der Waals surface area contributed by atoms with Crippen LogP contribution in [0.15, 0.2) is 84.5 Å². The van der Waals surface area contributed by atoms with Gasteiger partial charge in [0.25, 0.3) is 0 Å². The summed E-state index contributed by atoms with van der Waals surface area (Å²) in [5, 5.41) is 2.64. The van der Waals surface area contributed by atoms with E-state index in [-0.39, 0.29) is 16.5 Å². The third kappa shape index (κ3) is 4.22. The summed E-state index contributed by atoms with van der Waals surface area (Å²) >= 11 is 0. The third-order valence-electron chi connectivity index (χ3n) is 11.4. The Hall–Kier alpha value is -2.88. The number of benzene rings is 3. The highest BCUT2D eigenvalue weighted by Gasteiger charge is 2.56. The van der Waals surface area contributed by atoms with Crippen molar-refractivity contribution in [3.63, 3.8) is 0 Å². The molecule has 1 saturated carbocycles. The molecule has 0 saturated heterocycles. The van der Waals surface area contributed by atoms with Gasteiger partial charge in [-0.15, -0.1) is 0 Å². The number of allylic oxidation sites excluding steroid dienone is 4. The zero-order chi connectivity index (χ0) is 31.6. The van der Waals surface area contributed by atoms with Crippen LogP contribution in [0.3, 0.4) is 0 Å². The summed E-state index contributed by atoms with van der Waals surface area (Å²) in [6.45, 7) is 27.5. The molecule has 4 atom stereocenters. The lowest BCUT2D eigenvalue weighted by molar-refractivity contribution is 0.121. The van der Waals surface area contributed by atoms with Gasteiger partial charge in [-0.05, 0) is 118 Å². The van der Waals surface area contributed by atoms with E-state index in [0.29, 0.717) is 11.8 Å². The number of fused-ring (bicyclic) bond motifs is 7. The Bertz CT molecular complexity index is 1780. The van der Waals surface area contributed by atoms with E-state index < -0.39 is 8.24 Å². The second-order valence-electron chi connectivity index (χ2n) is 17.2. The van der Waals surface area contributed by atoms with E-state index in [1.54, 1.807) is 5.57 Å². The Morgan fingerprint density at radius 1 is 0.795 bits per heavy atom. The first-order chi connectivity index (χ1) is 20.5. The molecular formula is C41H52N2Si. The molecule has 44 heavy (non-hydrogen) atoms. The number of hydrogen-bond donors (Lipinski definition) is 0. The topological polar surface area (TPSA) is 8.17 Å². The van der Waals surface area contributed by atoms with E-state index in [2.05, 4.69) is 163 Å². The van der Waals surface area contributed by atoms with Crippen molar-refractivity contribution in [2.75, 3.05) is 0 Å². The largest absolute Gasteiger partial charge is 0.314 e. The van der Waals surface area contributed by atoms with Crippen molar-refractivity contribution in [1.29, 1.82) is 0 Å². The fraction of sp³-hybridized carbons (Fsp3) is 0.463. The van der Waals surface area contributed by atoms with E-state index in [0.717, 1.165) is 11.5 Å². The van der Waals surface area contributed by atoms with Gasteiger partial charge in [0, 0.05) is 33.0 Å². The molecule has 1 heterocycles. The summed E-state index contributed by atoms with van der Waals surface area (Å²) in [7, 11) is -1.85. The molecule has 3 aromatic carbocycles. The SMILES string of the molecule is CC1CC2C=C3C(=CC2C1[Si](C)(C)N(C(C)(C)C)C(C)(C)C)c1ccc(-n2c4ccccc4c4ccccc42)cc1C3(C)C. The van der Waals surface area contributed by atoms with E-state index in [9.17, 15) is 0 Å². The molecule has 0 radical (unpaired) electrons. The third-order valence-corrected chi connectivity index (χ3v) is 16.5. The van der Waals surface area contributed by atoms with Crippen molar-refractivity contribution in [2.24, 2.45) is 17.8 Å². The van der Waals surface area contributed by atoms with E-state index in [4.69, 9.17) is 0 Å². The molecule has 3 aliphatic carbocycles. The van der Waals surface area contributed by atoms with Crippen LogP contribution in [-0.2, 0) is 5.41 Å². The summed E-state index contributed by atoms with van der Waals surface area (Å²) in [6, 6.07) is 25.0. The molecule has 0 spiro atoms. The molecule has 3 aliphatic rings. The van der Waals surface area contributed by atoms with E-state index >= 15 is 0 Å². The van der Waals surface area contributed by atoms with Crippen LogP contribution in [0.4, 0.5) is 0 Å². The van der Waals surface area contributed by atoms with Gasteiger partial charge in [-0.1, -0.05) is 88.5 Å². The van der Waals surface area contributed by atoms with Gasteiger partial charge in [-0.25, -0.2) is 0 Å². The lowest BCUT2D eigenvalue weighted by atomic mass is 9.76. The molecule has 7 rings (SSSR count). The maximum atomic E-state index is 2.96. The van der Waals surface area contributed by atoms with Crippen molar-refractivity contribution in [3.8, 4) is 5.69 Å². The van der Waals surface area contributed by atoms with Crippen LogP contribution in [0.5, 0.6) is 0 Å². The lowest BCUT2D eigenvalue weighted by Gasteiger charge is -2.57. The minimum Gasteiger partial charge on any atom is -0.314 e. The summed E-state index contributed by atoms with van der Waals surface area (Å²) in [4.78, 5) is 0. The van der Waals surface area contributed by atoms with Crippen molar-refractivity contribution in [3.05, 3.63) is 95.6 Å². The van der Waals surface area contributed by atoms with Gasteiger partial charge in [0.05, 0.1) is 11.0 Å².